The minimum absolute atomic E-state index is 0.0679. The van der Waals surface area contributed by atoms with Gasteiger partial charge in [-0.05, 0) is 44.7 Å². The van der Waals surface area contributed by atoms with Crippen LogP contribution in [-0.2, 0) is 4.74 Å². The highest BCUT2D eigenvalue weighted by atomic mass is 16.5. The quantitative estimate of drug-likeness (QED) is 0.916. The molecule has 0 bridgehead atoms. The van der Waals surface area contributed by atoms with Crippen molar-refractivity contribution in [2.24, 2.45) is 0 Å². The predicted molar refractivity (Wildman–Crippen MR) is 84.5 cm³/mol. The first-order valence-electron chi connectivity index (χ1n) is 8.35. The number of rotatable bonds is 3. The van der Waals surface area contributed by atoms with Gasteiger partial charge >= 0.3 is 0 Å². The van der Waals surface area contributed by atoms with Gasteiger partial charge in [0.15, 0.2) is 0 Å². The number of ether oxygens (including phenoxy) is 2. The van der Waals surface area contributed by atoms with Gasteiger partial charge in [-0.3, -0.25) is 4.79 Å². The number of amides is 1. The second-order valence-electron chi connectivity index (χ2n) is 6.15. The maximum Gasteiger partial charge on any atom is 0.259 e. The number of carbonyl (C=O) groups excluding carboxylic acids is 1. The van der Waals surface area contributed by atoms with Crippen molar-refractivity contribution in [2.75, 3.05) is 26.3 Å². The first-order valence-corrected chi connectivity index (χ1v) is 8.35. The average Bonchev–Trinajstić information content (AvgIpc) is 2.59. The van der Waals surface area contributed by atoms with Gasteiger partial charge in [0, 0.05) is 25.9 Å². The molecule has 6 nitrogen and oxygen atoms in total. The second kappa shape index (κ2) is 6.84. The van der Waals surface area contributed by atoms with Crippen molar-refractivity contribution >= 4 is 5.91 Å². The Bertz CT molecular complexity index is 555. The monoisotopic (exact) mass is 320 g/mol. The molecule has 1 spiro atoms. The number of piperidine rings is 1. The third-order valence-corrected chi connectivity index (χ3v) is 4.80. The third-order valence-electron chi connectivity index (χ3n) is 4.80. The smallest absolute Gasteiger partial charge is 0.259 e. The van der Waals surface area contributed by atoms with Gasteiger partial charge in [0.1, 0.15) is 5.56 Å². The summed E-state index contributed by atoms with van der Waals surface area (Å²) in [7, 11) is 0. The van der Waals surface area contributed by atoms with E-state index in [1.54, 1.807) is 23.2 Å². The molecule has 2 aliphatic rings. The van der Waals surface area contributed by atoms with Crippen LogP contribution >= 0.6 is 0 Å². The van der Waals surface area contributed by atoms with E-state index in [1.807, 2.05) is 6.92 Å². The largest absolute Gasteiger partial charge is 0.477 e. The Kier molecular flexibility index (Phi) is 4.82. The molecule has 23 heavy (non-hydrogen) atoms. The van der Waals surface area contributed by atoms with Crippen LogP contribution < -0.4 is 4.74 Å². The second-order valence-corrected chi connectivity index (χ2v) is 6.15. The van der Waals surface area contributed by atoms with E-state index in [1.165, 1.54) is 0 Å². The fourth-order valence-corrected chi connectivity index (χ4v) is 3.45. The molecule has 0 radical (unpaired) electrons. The lowest BCUT2D eigenvalue weighted by Crippen LogP contribution is -2.56. The minimum Gasteiger partial charge on any atom is -0.477 e. The predicted octanol–water partition coefficient (Wildman–Crippen LogP) is 1.63. The van der Waals surface area contributed by atoms with E-state index in [4.69, 9.17) is 9.47 Å². The van der Waals surface area contributed by atoms with Crippen molar-refractivity contribution in [1.82, 2.24) is 9.88 Å². The van der Waals surface area contributed by atoms with Crippen LogP contribution in [0.25, 0.3) is 0 Å². The summed E-state index contributed by atoms with van der Waals surface area (Å²) in [5.74, 6) is 0.316. The summed E-state index contributed by atoms with van der Waals surface area (Å²) >= 11 is 0. The van der Waals surface area contributed by atoms with Crippen LogP contribution in [-0.4, -0.2) is 58.9 Å². The SMILES string of the molecule is CCOc1ncccc1C(=O)N1CCC2(CC1)OCCC[C@@H]2O. The van der Waals surface area contributed by atoms with Gasteiger partial charge < -0.3 is 19.5 Å². The van der Waals surface area contributed by atoms with Gasteiger partial charge in [-0.15, -0.1) is 0 Å². The molecular formula is C17H24N2O4. The van der Waals surface area contributed by atoms with Crippen LogP contribution in [0.15, 0.2) is 18.3 Å². The number of carbonyl (C=O) groups is 1. The molecule has 1 amide bonds. The van der Waals surface area contributed by atoms with E-state index in [9.17, 15) is 9.90 Å². The summed E-state index contributed by atoms with van der Waals surface area (Å²) in [6.45, 7) is 4.20. The number of aromatic nitrogens is 1. The van der Waals surface area contributed by atoms with Crippen LogP contribution in [0.3, 0.4) is 0 Å². The molecule has 2 fully saturated rings. The van der Waals surface area contributed by atoms with Gasteiger partial charge in [-0.1, -0.05) is 0 Å². The zero-order valence-electron chi connectivity index (χ0n) is 13.5. The van der Waals surface area contributed by atoms with E-state index in [2.05, 4.69) is 4.98 Å². The lowest BCUT2D eigenvalue weighted by molar-refractivity contribution is -0.174. The summed E-state index contributed by atoms with van der Waals surface area (Å²) in [5.41, 5.74) is 0.0302. The lowest BCUT2D eigenvalue weighted by Gasteiger charge is -2.46. The molecule has 0 aromatic carbocycles. The molecule has 0 aliphatic carbocycles. The van der Waals surface area contributed by atoms with E-state index in [0.29, 0.717) is 50.6 Å². The van der Waals surface area contributed by atoms with E-state index < -0.39 is 11.7 Å². The molecule has 1 aromatic rings. The molecule has 0 unspecified atom stereocenters. The summed E-state index contributed by atoms with van der Waals surface area (Å²) in [6.07, 6.45) is 4.23. The van der Waals surface area contributed by atoms with Crippen molar-refractivity contribution in [2.45, 2.75) is 44.3 Å². The lowest BCUT2D eigenvalue weighted by atomic mass is 9.82. The van der Waals surface area contributed by atoms with Gasteiger partial charge in [-0.25, -0.2) is 4.98 Å². The Labute approximate surface area is 136 Å². The van der Waals surface area contributed by atoms with Gasteiger partial charge in [0.2, 0.25) is 5.88 Å². The van der Waals surface area contributed by atoms with Gasteiger partial charge in [0.05, 0.1) is 18.3 Å². The number of hydrogen-bond donors (Lipinski definition) is 1. The first-order chi connectivity index (χ1) is 11.2. The zero-order chi connectivity index (χ0) is 16.3. The van der Waals surface area contributed by atoms with Crippen LogP contribution in [0, 0.1) is 0 Å². The minimum atomic E-state index is -0.466. The number of aliphatic hydroxyl groups excluding tert-OH is 1. The Balaban J connectivity index is 1.69. The van der Waals surface area contributed by atoms with Crippen LogP contribution in [0.1, 0.15) is 43.0 Å². The summed E-state index contributed by atoms with van der Waals surface area (Å²) in [6, 6.07) is 3.49. The van der Waals surface area contributed by atoms with Crippen LogP contribution in [0.5, 0.6) is 5.88 Å². The van der Waals surface area contributed by atoms with E-state index in [0.717, 1.165) is 12.8 Å². The molecule has 2 aliphatic heterocycles. The highest BCUT2D eigenvalue weighted by molar-refractivity contribution is 5.96. The normalized spacial score (nSPS) is 23.7. The fourth-order valence-electron chi connectivity index (χ4n) is 3.45. The molecule has 1 N–H and O–H groups in total. The van der Waals surface area contributed by atoms with Crippen molar-refractivity contribution in [3.63, 3.8) is 0 Å². The molecular weight excluding hydrogens is 296 g/mol. The molecule has 0 saturated carbocycles. The summed E-state index contributed by atoms with van der Waals surface area (Å²) in [4.78, 5) is 18.7. The molecule has 126 valence electrons. The third kappa shape index (κ3) is 3.19. The number of pyridine rings is 1. The maximum atomic E-state index is 12.8. The Hall–Kier alpha value is -1.66. The van der Waals surface area contributed by atoms with Crippen LogP contribution in [0.4, 0.5) is 0 Å². The maximum absolute atomic E-state index is 12.8. The Morgan fingerprint density at radius 1 is 1.52 bits per heavy atom. The highest BCUT2D eigenvalue weighted by Gasteiger charge is 2.44. The van der Waals surface area contributed by atoms with Gasteiger partial charge in [0.25, 0.3) is 5.91 Å². The van der Waals surface area contributed by atoms with E-state index >= 15 is 0 Å². The van der Waals surface area contributed by atoms with Crippen molar-refractivity contribution in [3.05, 3.63) is 23.9 Å². The molecule has 3 rings (SSSR count). The van der Waals surface area contributed by atoms with E-state index in [-0.39, 0.29) is 5.91 Å². The van der Waals surface area contributed by atoms with Crippen molar-refractivity contribution in [3.8, 4) is 5.88 Å². The molecule has 1 aromatic heterocycles. The van der Waals surface area contributed by atoms with Crippen LogP contribution in [0.2, 0.25) is 0 Å². The number of hydrogen-bond acceptors (Lipinski definition) is 5. The fraction of sp³-hybridized carbons (Fsp3) is 0.647. The topological polar surface area (TPSA) is 71.9 Å². The van der Waals surface area contributed by atoms with Crippen molar-refractivity contribution < 1.29 is 19.4 Å². The Morgan fingerprint density at radius 2 is 2.30 bits per heavy atom. The number of nitrogens with zero attached hydrogens (tertiary/aromatic N) is 2. The van der Waals surface area contributed by atoms with Gasteiger partial charge in [-0.2, -0.15) is 0 Å². The molecule has 6 heteroatoms. The number of aliphatic hydroxyl groups is 1. The highest BCUT2D eigenvalue weighted by Crippen LogP contribution is 2.35. The zero-order valence-corrected chi connectivity index (χ0v) is 13.5. The Morgan fingerprint density at radius 3 is 3.00 bits per heavy atom. The molecule has 1 atom stereocenters. The standard InChI is InChI=1S/C17H24N2O4/c1-2-22-15-13(5-3-9-18-15)16(21)19-10-7-17(8-11-19)14(20)6-4-12-23-17/h3,5,9,14,20H,2,4,6-8,10-12H2,1H3/t14-/m0/s1. The average molecular weight is 320 g/mol. The van der Waals surface area contributed by atoms with Crippen molar-refractivity contribution in [1.29, 1.82) is 0 Å². The summed E-state index contributed by atoms with van der Waals surface area (Å²) < 4.78 is 11.3. The molecule has 2 saturated heterocycles. The first kappa shape index (κ1) is 16.2. The summed E-state index contributed by atoms with van der Waals surface area (Å²) in [5, 5.41) is 10.3. The molecule has 3 heterocycles. The number of likely N-dealkylation sites (tertiary alicyclic amines) is 1.